The van der Waals surface area contributed by atoms with Crippen LogP contribution in [-0.4, -0.2) is 41.1 Å². The fraction of sp³-hybridized carbons (Fsp3) is 0.773. The van der Waals surface area contributed by atoms with Crippen LogP contribution in [0.4, 0.5) is 0 Å². The van der Waals surface area contributed by atoms with E-state index in [2.05, 4.69) is 39.3 Å². The second-order valence-electron chi connectivity index (χ2n) is 8.86. The predicted octanol–water partition coefficient (Wildman–Crippen LogP) is 3.92. The first-order valence-corrected chi connectivity index (χ1v) is 10.9. The van der Waals surface area contributed by atoms with Crippen molar-refractivity contribution >= 4 is 5.91 Å². The maximum Gasteiger partial charge on any atom is 0.222 e. The Labute approximate surface area is 158 Å². The molecule has 2 atom stereocenters. The lowest BCUT2D eigenvalue weighted by molar-refractivity contribution is -0.124. The van der Waals surface area contributed by atoms with Crippen molar-refractivity contribution in [2.45, 2.75) is 82.2 Å². The Balaban J connectivity index is 1.35. The third kappa shape index (κ3) is 3.85. The minimum atomic E-state index is 0.00920. The van der Waals surface area contributed by atoms with Gasteiger partial charge in [0, 0.05) is 25.0 Å². The van der Waals surface area contributed by atoms with Gasteiger partial charge < -0.3 is 14.8 Å². The highest BCUT2D eigenvalue weighted by Crippen LogP contribution is 2.38. The molecule has 2 aliphatic heterocycles. The Bertz CT molecular complexity index is 574. The molecule has 0 radical (unpaired) electrons. The van der Waals surface area contributed by atoms with Crippen LogP contribution >= 0.6 is 0 Å². The molecule has 0 spiro atoms. The molecule has 1 aromatic heterocycles. The maximum atomic E-state index is 12.9. The molecule has 4 nitrogen and oxygen atoms in total. The van der Waals surface area contributed by atoms with Crippen molar-refractivity contribution < 1.29 is 4.79 Å². The van der Waals surface area contributed by atoms with Crippen molar-refractivity contribution in [3.8, 4) is 0 Å². The largest absolute Gasteiger partial charge is 0.356 e. The summed E-state index contributed by atoms with van der Waals surface area (Å²) in [6, 6.07) is 4.90. The van der Waals surface area contributed by atoms with Crippen LogP contribution in [0, 0.1) is 5.92 Å². The average Bonchev–Trinajstić information content (AvgIpc) is 3.23. The molecule has 3 fully saturated rings. The number of carbonyl (C=O) groups is 1. The monoisotopic (exact) mass is 357 g/mol. The van der Waals surface area contributed by atoms with E-state index < -0.39 is 0 Å². The van der Waals surface area contributed by atoms with Crippen molar-refractivity contribution in [3.63, 3.8) is 0 Å². The average molecular weight is 358 g/mol. The van der Waals surface area contributed by atoms with Gasteiger partial charge in [0.25, 0.3) is 0 Å². The van der Waals surface area contributed by atoms with Crippen LogP contribution in [0.5, 0.6) is 0 Å². The second kappa shape index (κ2) is 8.16. The molecule has 0 bridgehead atoms. The second-order valence-corrected chi connectivity index (χ2v) is 8.86. The third-order valence-corrected chi connectivity index (χ3v) is 7.22. The van der Waals surface area contributed by atoms with E-state index in [0.29, 0.717) is 18.4 Å². The van der Waals surface area contributed by atoms with Crippen LogP contribution in [0.25, 0.3) is 0 Å². The molecular weight excluding hydrogens is 322 g/mol. The van der Waals surface area contributed by atoms with Crippen LogP contribution < -0.4 is 5.32 Å². The van der Waals surface area contributed by atoms with Crippen LogP contribution in [0.15, 0.2) is 24.5 Å². The third-order valence-electron chi connectivity index (χ3n) is 7.22. The summed E-state index contributed by atoms with van der Waals surface area (Å²) in [5.74, 6) is 0.912. The number of carbonyl (C=O) groups excluding carboxylic acids is 1. The number of amides is 1. The molecule has 3 aliphatic rings. The Morgan fingerprint density at radius 3 is 2.54 bits per heavy atom. The first-order chi connectivity index (χ1) is 12.8. The highest BCUT2D eigenvalue weighted by molar-refractivity contribution is 5.77. The molecule has 3 heterocycles. The van der Waals surface area contributed by atoms with Gasteiger partial charge in [-0.15, -0.1) is 0 Å². The van der Waals surface area contributed by atoms with Gasteiger partial charge in [-0.2, -0.15) is 0 Å². The minimum Gasteiger partial charge on any atom is -0.356 e. The summed E-state index contributed by atoms with van der Waals surface area (Å²) in [7, 11) is 0. The fourth-order valence-corrected chi connectivity index (χ4v) is 5.81. The molecule has 1 saturated carbocycles. The molecule has 2 unspecified atom stereocenters. The van der Waals surface area contributed by atoms with E-state index in [1.165, 1.54) is 64.5 Å². The number of hydrogen-bond donors (Lipinski definition) is 1. The molecule has 1 aromatic rings. The van der Waals surface area contributed by atoms with Crippen LogP contribution in [0.1, 0.15) is 70.6 Å². The van der Waals surface area contributed by atoms with E-state index >= 15 is 0 Å². The molecule has 2 saturated heterocycles. The Morgan fingerprint density at radius 1 is 0.962 bits per heavy atom. The van der Waals surface area contributed by atoms with E-state index in [1.54, 1.807) is 0 Å². The number of hydrogen-bond acceptors (Lipinski definition) is 2. The van der Waals surface area contributed by atoms with Gasteiger partial charge in [0.2, 0.25) is 5.91 Å². The van der Waals surface area contributed by atoms with Crippen molar-refractivity contribution in [2.24, 2.45) is 5.92 Å². The Hall–Kier alpha value is -1.29. The number of aromatic nitrogens is 1. The van der Waals surface area contributed by atoms with Gasteiger partial charge in [-0.3, -0.25) is 4.79 Å². The van der Waals surface area contributed by atoms with E-state index in [0.717, 1.165) is 19.4 Å². The van der Waals surface area contributed by atoms with E-state index in [1.807, 2.05) is 0 Å². The van der Waals surface area contributed by atoms with Gasteiger partial charge >= 0.3 is 0 Å². The van der Waals surface area contributed by atoms with E-state index in [4.69, 9.17) is 0 Å². The molecule has 1 N–H and O–H groups in total. The molecule has 4 rings (SSSR count). The van der Waals surface area contributed by atoms with Gasteiger partial charge in [-0.05, 0) is 69.7 Å². The number of rotatable bonds is 5. The summed E-state index contributed by atoms with van der Waals surface area (Å²) in [6.07, 6.45) is 17.6. The molecule has 1 aliphatic carbocycles. The molecule has 1 amide bonds. The topological polar surface area (TPSA) is 37.3 Å². The summed E-state index contributed by atoms with van der Waals surface area (Å²) in [4.78, 5) is 15.6. The van der Waals surface area contributed by atoms with Crippen molar-refractivity contribution in [1.29, 1.82) is 0 Å². The predicted molar refractivity (Wildman–Crippen MR) is 105 cm³/mol. The summed E-state index contributed by atoms with van der Waals surface area (Å²) in [6.45, 7) is 3.42. The smallest absolute Gasteiger partial charge is 0.222 e. The van der Waals surface area contributed by atoms with Gasteiger partial charge in [-0.1, -0.05) is 25.7 Å². The zero-order chi connectivity index (χ0) is 17.8. The summed E-state index contributed by atoms with van der Waals surface area (Å²) >= 11 is 0. The lowest BCUT2D eigenvalue weighted by atomic mass is 9.78. The SMILES string of the molecule is O=C(CC1(n2cccc2)CCCCC1)NCC1CCCN2CCCCC12. The number of nitrogens with zero attached hydrogens (tertiary/aromatic N) is 2. The molecular formula is C22H35N3O. The lowest BCUT2D eigenvalue weighted by Gasteiger charge is -2.44. The normalized spacial score (nSPS) is 29.1. The number of piperidine rings is 2. The van der Waals surface area contributed by atoms with Crippen molar-refractivity contribution in [3.05, 3.63) is 24.5 Å². The van der Waals surface area contributed by atoms with Gasteiger partial charge in [-0.25, -0.2) is 0 Å². The minimum absolute atomic E-state index is 0.00920. The summed E-state index contributed by atoms with van der Waals surface area (Å²) in [5, 5.41) is 3.34. The van der Waals surface area contributed by atoms with Crippen LogP contribution in [0.3, 0.4) is 0 Å². The molecule has 0 aromatic carbocycles. The number of nitrogens with one attached hydrogen (secondary N) is 1. The zero-order valence-corrected chi connectivity index (χ0v) is 16.2. The zero-order valence-electron chi connectivity index (χ0n) is 16.2. The lowest BCUT2D eigenvalue weighted by Crippen LogP contribution is -2.51. The summed E-state index contributed by atoms with van der Waals surface area (Å²) < 4.78 is 2.31. The first-order valence-electron chi connectivity index (χ1n) is 10.9. The van der Waals surface area contributed by atoms with Crippen LogP contribution in [-0.2, 0) is 10.3 Å². The molecule has 144 valence electrons. The van der Waals surface area contributed by atoms with Crippen molar-refractivity contribution in [2.75, 3.05) is 19.6 Å². The van der Waals surface area contributed by atoms with Crippen molar-refractivity contribution in [1.82, 2.24) is 14.8 Å². The Morgan fingerprint density at radius 2 is 1.73 bits per heavy atom. The van der Waals surface area contributed by atoms with Gasteiger partial charge in [0.15, 0.2) is 0 Å². The molecule has 26 heavy (non-hydrogen) atoms. The Kier molecular flexibility index (Phi) is 5.68. The van der Waals surface area contributed by atoms with E-state index in [-0.39, 0.29) is 11.4 Å². The molecule has 4 heteroatoms. The quantitative estimate of drug-likeness (QED) is 0.867. The fourth-order valence-electron chi connectivity index (χ4n) is 5.81. The standard InChI is InChI=1S/C22H35N3O/c26-21(17-22(11-3-1-4-12-22)25-15-6-7-16-25)23-18-19-9-8-14-24-13-5-2-10-20(19)24/h6-7,15-16,19-20H,1-5,8-14,17-18H2,(H,23,26). The van der Waals surface area contributed by atoms with Crippen LogP contribution in [0.2, 0.25) is 0 Å². The summed E-state index contributed by atoms with van der Waals surface area (Å²) in [5.41, 5.74) is 0.00920. The van der Waals surface area contributed by atoms with Gasteiger partial charge in [0.1, 0.15) is 0 Å². The highest BCUT2D eigenvalue weighted by Gasteiger charge is 2.36. The van der Waals surface area contributed by atoms with E-state index in [9.17, 15) is 4.79 Å². The highest BCUT2D eigenvalue weighted by atomic mass is 16.1. The first kappa shape index (κ1) is 18.1. The van der Waals surface area contributed by atoms with Gasteiger partial charge in [0.05, 0.1) is 12.0 Å². The maximum absolute atomic E-state index is 12.9. The number of fused-ring (bicyclic) bond motifs is 1.